The summed E-state index contributed by atoms with van der Waals surface area (Å²) in [4.78, 5) is 14.9. The quantitative estimate of drug-likeness (QED) is 0.588. The average Bonchev–Trinajstić information content (AvgIpc) is 3.07. The highest BCUT2D eigenvalue weighted by atomic mass is 16.6. The summed E-state index contributed by atoms with van der Waals surface area (Å²) >= 11 is 0. The van der Waals surface area contributed by atoms with E-state index in [0.29, 0.717) is 36.6 Å². The van der Waals surface area contributed by atoms with E-state index >= 15 is 0 Å². The maximum atomic E-state index is 10.6. The smallest absolute Gasteiger partial charge is 0.166 e. The number of aromatic nitrogens is 4. The second kappa shape index (κ2) is 7.77. The van der Waals surface area contributed by atoms with Crippen LogP contribution >= 0.6 is 0 Å². The lowest BCUT2D eigenvalue weighted by atomic mass is 10.1. The largest absolute Gasteiger partial charge is 0.387 e. The van der Waals surface area contributed by atoms with Gasteiger partial charge in [0, 0.05) is 19.6 Å². The van der Waals surface area contributed by atoms with Gasteiger partial charge in [-0.1, -0.05) is 12.2 Å². The Kier molecular flexibility index (Phi) is 5.64. The van der Waals surface area contributed by atoms with Crippen molar-refractivity contribution < 1.29 is 14.9 Å². The summed E-state index contributed by atoms with van der Waals surface area (Å²) in [7, 11) is 1.92. The number of imidazole rings is 1. The maximum absolute atomic E-state index is 10.6. The third kappa shape index (κ3) is 3.49. The fourth-order valence-corrected chi connectivity index (χ4v) is 3.26. The second-order valence-electron chi connectivity index (χ2n) is 6.63. The van der Waals surface area contributed by atoms with Gasteiger partial charge in [0.1, 0.15) is 36.0 Å². The van der Waals surface area contributed by atoms with E-state index in [4.69, 9.17) is 10.5 Å². The van der Waals surface area contributed by atoms with Gasteiger partial charge in [0.05, 0.1) is 5.69 Å². The van der Waals surface area contributed by atoms with Gasteiger partial charge < -0.3 is 25.6 Å². The van der Waals surface area contributed by atoms with E-state index in [-0.39, 0.29) is 0 Å². The van der Waals surface area contributed by atoms with E-state index < -0.39 is 24.5 Å². The van der Waals surface area contributed by atoms with E-state index in [1.54, 1.807) is 4.57 Å². The minimum Gasteiger partial charge on any atom is -0.387 e. The minimum absolute atomic E-state index is 0.476. The van der Waals surface area contributed by atoms with Crippen molar-refractivity contribution in [1.29, 1.82) is 0 Å². The minimum atomic E-state index is -1.07. The van der Waals surface area contributed by atoms with Gasteiger partial charge >= 0.3 is 0 Å². The molecule has 4 atom stereocenters. The summed E-state index contributed by atoms with van der Waals surface area (Å²) in [5.41, 5.74) is 7.45. The first-order valence-electron chi connectivity index (χ1n) is 8.65. The van der Waals surface area contributed by atoms with Crippen LogP contribution in [-0.4, -0.2) is 79.6 Å². The van der Waals surface area contributed by atoms with Crippen LogP contribution in [0, 0.1) is 13.8 Å². The molecule has 3 rings (SSSR count). The number of hydrogen-bond acceptors (Lipinski definition) is 8. The number of nitrogens with two attached hydrogens (primary N) is 1. The highest BCUT2D eigenvalue weighted by Gasteiger charge is 2.45. The maximum Gasteiger partial charge on any atom is 0.166 e. The van der Waals surface area contributed by atoms with Gasteiger partial charge in [0.2, 0.25) is 0 Å². The molecule has 0 bridgehead atoms. The molecule has 0 spiro atoms. The molecule has 9 heteroatoms. The topological polar surface area (TPSA) is 123 Å². The molecule has 2 aromatic rings. The van der Waals surface area contributed by atoms with Gasteiger partial charge in [-0.2, -0.15) is 0 Å². The van der Waals surface area contributed by atoms with Gasteiger partial charge in [-0.15, -0.1) is 0 Å². The molecule has 1 fully saturated rings. The zero-order valence-corrected chi connectivity index (χ0v) is 15.3. The average molecular weight is 362 g/mol. The molecule has 1 aliphatic rings. The van der Waals surface area contributed by atoms with Crippen LogP contribution in [0.2, 0.25) is 0 Å². The normalized spacial score (nSPS) is 26.6. The zero-order valence-electron chi connectivity index (χ0n) is 15.3. The Bertz CT molecular complexity index is 792. The predicted octanol–water partition coefficient (Wildman–Crippen LogP) is -0.491. The fraction of sp³-hybridized carbons (Fsp3) is 0.588. The van der Waals surface area contributed by atoms with Crippen molar-refractivity contribution in [3.05, 3.63) is 30.0 Å². The molecular weight excluding hydrogens is 336 g/mol. The van der Waals surface area contributed by atoms with Crippen molar-refractivity contribution in [3.8, 4) is 0 Å². The van der Waals surface area contributed by atoms with Crippen LogP contribution in [0.3, 0.4) is 0 Å². The van der Waals surface area contributed by atoms with Crippen molar-refractivity contribution in [1.82, 2.24) is 24.4 Å². The van der Waals surface area contributed by atoms with E-state index in [9.17, 15) is 10.2 Å². The second-order valence-corrected chi connectivity index (χ2v) is 6.63. The molecule has 0 radical (unpaired) electrons. The molecule has 2 aromatic heterocycles. The molecular formula is C17H26N6O3. The number of nitrogens with zero attached hydrogens (tertiary/aromatic N) is 5. The number of aliphatic hydroxyl groups excluding tert-OH is 2. The Morgan fingerprint density at radius 2 is 2.04 bits per heavy atom. The predicted molar refractivity (Wildman–Crippen MR) is 96.4 cm³/mol. The summed E-state index contributed by atoms with van der Waals surface area (Å²) in [6, 6.07) is 0. The molecule has 4 N–H and O–H groups in total. The number of ether oxygens (including phenoxy) is 1. The van der Waals surface area contributed by atoms with Crippen molar-refractivity contribution in [3.63, 3.8) is 0 Å². The highest BCUT2D eigenvalue weighted by Crippen LogP contribution is 2.33. The molecule has 1 saturated heterocycles. The number of aliphatic hydroxyl groups is 2. The Morgan fingerprint density at radius 1 is 1.27 bits per heavy atom. The Hall–Kier alpha value is -1.91. The summed E-state index contributed by atoms with van der Waals surface area (Å²) in [6.07, 6.45) is 1.96. The van der Waals surface area contributed by atoms with E-state index in [0.717, 1.165) is 5.69 Å². The highest BCUT2D eigenvalue weighted by molar-refractivity contribution is 5.73. The third-order valence-electron chi connectivity index (χ3n) is 4.64. The number of fused-ring (bicyclic) bond motifs is 1. The molecule has 1 aliphatic heterocycles. The van der Waals surface area contributed by atoms with Crippen LogP contribution in [0.4, 0.5) is 0 Å². The number of aryl methyl sites for hydroxylation is 2. The molecule has 0 aliphatic carbocycles. The van der Waals surface area contributed by atoms with Crippen LogP contribution in [0.1, 0.15) is 17.7 Å². The van der Waals surface area contributed by atoms with Gasteiger partial charge in [-0.05, 0) is 20.9 Å². The van der Waals surface area contributed by atoms with Crippen LogP contribution < -0.4 is 5.73 Å². The van der Waals surface area contributed by atoms with Gasteiger partial charge in [-0.3, -0.25) is 4.57 Å². The number of likely N-dealkylation sites (N-methyl/N-ethyl adjacent to an activating group) is 1. The van der Waals surface area contributed by atoms with Gasteiger partial charge in [0.15, 0.2) is 11.9 Å². The van der Waals surface area contributed by atoms with Crippen LogP contribution in [0.15, 0.2) is 18.5 Å². The van der Waals surface area contributed by atoms with Crippen molar-refractivity contribution in [2.24, 2.45) is 5.73 Å². The van der Waals surface area contributed by atoms with Crippen LogP contribution in [0.25, 0.3) is 11.2 Å². The Morgan fingerprint density at radius 3 is 2.77 bits per heavy atom. The number of hydrogen-bond donors (Lipinski definition) is 3. The van der Waals surface area contributed by atoms with E-state index in [1.165, 1.54) is 6.33 Å². The third-order valence-corrected chi connectivity index (χ3v) is 4.64. The van der Waals surface area contributed by atoms with Gasteiger partial charge in [0.25, 0.3) is 0 Å². The summed E-state index contributed by atoms with van der Waals surface area (Å²) in [5.74, 6) is 0.653. The van der Waals surface area contributed by atoms with Crippen molar-refractivity contribution in [2.45, 2.75) is 38.4 Å². The molecule has 142 valence electrons. The lowest BCUT2D eigenvalue weighted by molar-refractivity contribution is -0.0424. The first-order chi connectivity index (χ1) is 12.4. The van der Waals surface area contributed by atoms with Gasteiger partial charge in [-0.25, -0.2) is 15.0 Å². The monoisotopic (exact) mass is 362 g/mol. The summed E-state index contributed by atoms with van der Waals surface area (Å²) in [6.45, 7) is 5.33. The SMILES string of the molecule is Cc1ncnc2c1nc(C)n2[C@@H]1O[C@H](CN(C)C/C=C/CN)[C@@H](O)[C@H]1O. The van der Waals surface area contributed by atoms with E-state index in [1.807, 2.05) is 37.9 Å². The Labute approximate surface area is 152 Å². The van der Waals surface area contributed by atoms with Crippen LogP contribution in [0.5, 0.6) is 0 Å². The lowest BCUT2D eigenvalue weighted by Crippen LogP contribution is -2.38. The zero-order chi connectivity index (χ0) is 18.8. The number of rotatable bonds is 6. The molecule has 0 saturated carbocycles. The van der Waals surface area contributed by atoms with Crippen molar-refractivity contribution in [2.75, 3.05) is 26.7 Å². The summed E-state index contributed by atoms with van der Waals surface area (Å²) in [5, 5.41) is 21.0. The molecule has 26 heavy (non-hydrogen) atoms. The van der Waals surface area contributed by atoms with Crippen LogP contribution in [-0.2, 0) is 4.74 Å². The molecule has 0 aromatic carbocycles. The molecule has 9 nitrogen and oxygen atoms in total. The van der Waals surface area contributed by atoms with Crippen molar-refractivity contribution >= 4 is 11.2 Å². The summed E-state index contributed by atoms with van der Waals surface area (Å²) < 4.78 is 7.74. The standard InChI is InChI=1S/C17H26N6O3/c1-10-13-16(20-9-19-10)23(11(2)21-13)17-15(25)14(24)12(26-17)8-22(3)7-5-4-6-18/h4-5,9,12,14-15,17,24-25H,6-8,18H2,1-3H3/b5-4+/t12-,14-,15-,17-/m1/s1. The first-order valence-corrected chi connectivity index (χ1v) is 8.65. The molecule has 0 unspecified atom stereocenters. The molecule has 0 amide bonds. The first kappa shape index (κ1) is 18.9. The fourth-order valence-electron chi connectivity index (χ4n) is 3.26. The Balaban J connectivity index is 1.81. The molecule has 3 heterocycles. The lowest BCUT2D eigenvalue weighted by Gasteiger charge is -2.21. The van der Waals surface area contributed by atoms with E-state index in [2.05, 4.69) is 15.0 Å².